The Morgan fingerprint density at radius 1 is 1.36 bits per heavy atom. The summed E-state index contributed by atoms with van der Waals surface area (Å²) in [7, 11) is 0. The Hall–Kier alpha value is -1.22. The Balaban J connectivity index is 2.01. The highest BCUT2D eigenvalue weighted by Crippen LogP contribution is 2.35. The van der Waals surface area contributed by atoms with Crippen molar-refractivity contribution in [3.05, 3.63) is 24.3 Å². The number of para-hydroxylation sites is 2. The highest BCUT2D eigenvalue weighted by molar-refractivity contribution is 5.73. The molecule has 2 N–H and O–H groups in total. The lowest BCUT2D eigenvalue weighted by molar-refractivity contribution is 0.195. The molecule has 1 aromatic carbocycles. The number of anilines is 2. The Morgan fingerprint density at radius 3 is 3.14 bits per heavy atom. The summed E-state index contributed by atoms with van der Waals surface area (Å²) in [6.07, 6.45) is 0.731. The normalized spacial score (nSPS) is 29.4. The minimum absolute atomic E-state index is 0.159. The van der Waals surface area contributed by atoms with Gasteiger partial charge in [-0.25, -0.2) is 0 Å². The van der Waals surface area contributed by atoms with Crippen LogP contribution in [0.4, 0.5) is 11.4 Å². The second kappa shape index (κ2) is 2.89. The lowest BCUT2D eigenvalue weighted by Crippen LogP contribution is -2.39. The van der Waals surface area contributed by atoms with Gasteiger partial charge in [-0.05, 0) is 18.6 Å². The molecule has 0 amide bonds. The number of hydrogen-bond donors (Lipinski definition) is 2. The highest BCUT2D eigenvalue weighted by atomic mass is 16.3. The topological polar surface area (TPSA) is 35.5 Å². The van der Waals surface area contributed by atoms with Crippen LogP contribution in [-0.4, -0.2) is 30.3 Å². The predicted octanol–water partition coefficient (Wildman–Crippen LogP) is 1.05. The highest BCUT2D eigenvalue weighted by Gasteiger charge is 2.34. The van der Waals surface area contributed by atoms with Crippen molar-refractivity contribution in [2.45, 2.75) is 18.6 Å². The lowest BCUT2D eigenvalue weighted by atomic mass is 10.1. The van der Waals surface area contributed by atoms with Gasteiger partial charge in [0.15, 0.2) is 0 Å². The fourth-order valence-corrected chi connectivity index (χ4v) is 2.48. The molecule has 3 nitrogen and oxygen atoms in total. The maximum atomic E-state index is 9.62. The third-order valence-electron chi connectivity index (χ3n) is 3.13. The zero-order valence-corrected chi connectivity index (χ0v) is 7.98. The minimum Gasteiger partial charge on any atom is -0.391 e. The number of hydrogen-bond acceptors (Lipinski definition) is 3. The van der Waals surface area contributed by atoms with Crippen molar-refractivity contribution in [1.82, 2.24) is 0 Å². The summed E-state index contributed by atoms with van der Waals surface area (Å²) in [4.78, 5) is 2.32. The van der Waals surface area contributed by atoms with E-state index in [1.54, 1.807) is 0 Å². The maximum absolute atomic E-state index is 9.62. The molecule has 3 rings (SSSR count). The molecule has 14 heavy (non-hydrogen) atoms. The number of fused-ring (bicyclic) bond motifs is 3. The molecule has 74 valence electrons. The first-order valence-electron chi connectivity index (χ1n) is 5.12. The molecular formula is C11H14N2O. The van der Waals surface area contributed by atoms with Crippen LogP contribution in [0.3, 0.4) is 0 Å². The van der Waals surface area contributed by atoms with Crippen molar-refractivity contribution in [1.29, 1.82) is 0 Å². The first-order valence-corrected chi connectivity index (χ1v) is 5.12. The van der Waals surface area contributed by atoms with Crippen LogP contribution in [0.25, 0.3) is 0 Å². The molecule has 0 saturated carbocycles. The zero-order chi connectivity index (χ0) is 9.54. The van der Waals surface area contributed by atoms with Crippen molar-refractivity contribution in [2.24, 2.45) is 0 Å². The number of nitrogens with zero attached hydrogens (tertiary/aromatic N) is 1. The molecule has 0 bridgehead atoms. The summed E-state index contributed by atoms with van der Waals surface area (Å²) < 4.78 is 0. The smallest absolute Gasteiger partial charge is 0.0735 e. The first kappa shape index (κ1) is 8.12. The van der Waals surface area contributed by atoms with Gasteiger partial charge in [-0.2, -0.15) is 0 Å². The molecule has 0 aromatic heterocycles. The standard InChI is InChI=1S/C11H14N2O/c14-9-5-8-6-12-10-3-1-2-4-11(10)13(8)7-9/h1-4,8-9,12,14H,5-7H2/t8-,9?/m1/s1. The van der Waals surface area contributed by atoms with Crippen LogP contribution in [0, 0.1) is 0 Å². The summed E-state index contributed by atoms with van der Waals surface area (Å²) in [5.41, 5.74) is 2.43. The molecule has 1 aromatic rings. The van der Waals surface area contributed by atoms with Gasteiger partial charge in [-0.1, -0.05) is 12.1 Å². The van der Waals surface area contributed by atoms with Gasteiger partial charge in [-0.3, -0.25) is 0 Å². The molecule has 1 fully saturated rings. The van der Waals surface area contributed by atoms with Crippen LogP contribution in [-0.2, 0) is 0 Å². The Kier molecular flexibility index (Phi) is 1.67. The van der Waals surface area contributed by atoms with E-state index in [0.717, 1.165) is 19.5 Å². The van der Waals surface area contributed by atoms with Crippen molar-refractivity contribution in [3.63, 3.8) is 0 Å². The Labute approximate surface area is 83.3 Å². The molecule has 2 aliphatic rings. The summed E-state index contributed by atoms with van der Waals surface area (Å²) >= 11 is 0. The minimum atomic E-state index is -0.159. The molecule has 0 spiro atoms. The Morgan fingerprint density at radius 2 is 2.21 bits per heavy atom. The zero-order valence-electron chi connectivity index (χ0n) is 7.98. The van der Waals surface area contributed by atoms with Gasteiger partial charge in [0.25, 0.3) is 0 Å². The van der Waals surface area contributed by atoms with E-state index in [9.17, 15) is 5.11 Å². The van der Waals surface area contributed by atoms with Crippen LogP contribution in [0.1, 0.15) is 6.42 Å². The molecule has 3 heteroatoms. The quantitative estimate of drug-likeness (QED) is 0.642. The molecule has 1 unspecified atom stereocenters. The van der Waals surface area contributed by atoms with Crippen molar-refractivity contribution >= 4 is 11.4 Å². The molecule has 0 aliphatic carbocycles. The summed E-state index contributed by atoms with van der Waals surface area (Å²) in [5.74, 6) is 0. The fraction of sp³-hybridized carbons (Fsp3) is 0.455. The molecular weight excluding hydrogens is 176 g/mol. The van der Waals surface area contributed by atoms with Crippen molar-refractivity contribution in [3.8, 4) is 0 Å². The molecule has 2 heterocycles. The van der Waals surface area contributed by atoms with E-state index in [1.165, 1.54) is 11.4 Å². The van der Waals surface area contributed by atoms with E-state index >= 15 is 0 Å². The van der Waals surface area contributed by atoms with Gasteiger partial charge < -0.3 is 15.3 Å². The van der Waals surface area contributed by atoms with Gasteiger partial charge in [0.1, 0.15) is 0 Å². The van der Waals surface area contributed by atoms with Crippen LogP contribution >= 0.6 is 0 Å². The second-order valence-corrected chi connectivity index (χ2v) is 4.09. The van der Waals surface area contributed by atoms with E-state index in [1.807, 2.05) is 12.1 Å². The largest absolute Gasteiger partial charge is 0.391 e. The van der Waals surface area contributed by atoms with Gasteiger partial charge in [-0.15, -0.1) is 0 Å². The average molecular weight is 190 g/mol. The molecule has 2 atom stereocenters. The Bertz CT molecular complexity index is 353. The predicted molar refractivity (Wildman–Crippen MR) is 56.7 cm³/mol. The van der Waals surface area contributed by atoms with Crippen LogP contribution in [0.15, 0.2) is 24.3 Å². The van der Waals surface area contributed by atoms with E-state index in [2.05, 4.69) is 22.3 Å². The van der Waals surface area contributed by atoms with Crippen LogP contribution in [0.2, 0.25) is 0 Å². The average Bonchev–Trinajstić information content (AvgIpc) is 2.59. The number of aliphatic hydroxyl groups is 1. The van der Waals surface area contributed by atoms with Gasteiger partial charge in [0.2, 0.25) is 0 Å². The first-order chi connectivity index (χ1) is 6.84. The number of aliphatic hydroxyl groups excluding tert-OH is 1. The second-order valence-electron chi connectivity index (χ2n) is 4.09. The van der Waals surface area contributed by atoms with E-state index in [4.69, 9.17) is 0 Å². The van der Waals surface area contributed by atoms with Crippen LogP contribution < -0.4 is 10.2 Å². The maximum Gasteiger partial charge on any atom is 0.0735 e. The molecule has 0 radical (unpaired) electrons. The summed E-state index contributed by atoms with van der Waals surface area (Å²) in [5, 5.41) is 13.0. The van der Waals surface area contributed by atoms with Crippen molar-refractivity contribution < 1.29 is 5.11 Å². The number of benzene rings is 1. The SMILES string of the molecule is OC1C[C@@H]2CNc3ccccc3N2C1. The number of rotatable bonds is 0. The van der Waals surface area contributed by atoms with Crippen LogP contribution in [0.5, 0.6) is 0 Å². The van der Waals surface area contributed by atoms with Gasteiger partial charge in [0, 0.05) is 19.1 Å². The summed E-state index contributed by atoms with van der Waals surface area (Å²) in [6, 6.07) is 8.77. The number of nitrogens with one attached hydrogen (secondary N) is 1. The monoisotopic (exact) mass is 190 g/mol. The van der Waals surface area contributed by atoms with Gasteiger partial charge >= 0.3 is 0 Å². The molecule has 1 saturated heterocycles. The fourth-order valence-electron chi connectivity index (χ4n) is 2.48. The summed E-state index contributed by atoms with van der Waals surface area (Å²) in [6.45, 7) is 1.73. The van der Waals surface area contributed by atoms with E-state index < -0.39 is 0 Å². The van der Waals surface area contributed by atoms with E-state index in [-0.39, 0.29) is 6.10 Å². The van der Waals surface area contributed by atoms with Gasteiger partial charge in [0.05, 0.1) is 17.5 Å². The van der Waals surface area contributed by atoms with E-state index in [0.29, 0.717) is 6.04 Å². The third-order valence-corrected chi connectivity index (χ3v) is 3.13. The molecule has 2 aliphatic heterocycles. The lowest BCUT2D eigenvalue weighted by Gasteiger charge is -2.34. The van der Waals surface area contributed by atoms with Crippen molar-refractivity contribution in [2.75, 3.05) is 23.3 Å². The third kappa shape index (κ3) is 1.09.